The van der Waals surface area contributed by atoms with Gasteiger partial charge in [0.05, 0.1) is 0 Å². The fourth-order valence-electron chi connectivity index (χ4n) is 2.09. The van der Waals surface area contributed by atoms with E-state index in [0.717, 1.165) is 18.8 Å². The van der Waals surface area contributed by atoms with Crippen molar-refractivity contribution in [2.45, 2.75) is 25.7 Å². The fraction of sp³-hybridized carbons (Fsp3) is 0.500. The number of nitrogens with one attached hydrogen (secondary N) is 1. The van der Waals surface area contributed by atoms with Crippen LogP contribution in [0.1, 0.15) is 31.4 Å². The van der Waals surface area contributed by atoms with Crippen LogP contribution < -0.4 is 10.6 Å². The lowest BCUT2D eigenvalue weighted by Crippen LogP contribution is -2.24. The van der Waals surface area contributed by atoms with E-state index in [-0.39, 0.29) is 5.84 Å². The van der Waals surface area contributed by atoms with Crippen molar-refractivity contribution >= 4 is 11.5 Å². The Morgan fingerprint density at radius 1 is 1.25 bits per heavy atom. The molecule has 1 aromatic heterocycles. The molecule has 2 heterocycles. The molecule has 1 aliphatic rings. The Balaban J connectivity index is 2.18. The SMILES string of the molecule is N=C(N)c1cc(N2CCCCCC2)ccn1. The summed E-state index contributed by atoms with van der Waals surface area (Å²) in [5.41, 5.74) is 7.16. The number of aromatic nitrogens is 1. The topological polar surface area (TPSA) is 66.0 Å². The maximum Gasteiger partial charge on any atom is 0.141 e. The lowest BCUT2D eigenvalue weighted by atomic mass is 10.2. The molecule has 1 aromatic rings. The van der Waals surface area contributed by atoms with Gasteiger partial charge in [0.1, 0.15) is 11.5 Å². The molecule has 0 aromatic carbocycles. The second-order valence-corrected chi connectivity index (χ2v) is 4.21. The predicted octanol–water partition coefficient (Wildman–Crippen LogP) is 1.75. The Kier molecular flexibility index (Phi) is 3.39. The van der Waals surface area contributed by atoms with Gasteiger partial charge in [0, 0.05) is 25.0 Å². The van der Waals surface area contributed by atoms with Crippen molar-refractivity contribution in [2.75, 3.05) is 18.0 Å². The van der Waals surface area contributed by atoms with Gasteiger partial charge in [-0.3, -0.25) is 10.4 Å². The van der Waals surface area contributed by atoms with Crippen molar-refractivity contribution in [3.8, 4) is 0 Å². The number of nitrogen functional groups attached to an aromatic ring is 1. The lowest BCUT2D eigenvalue weighted by molar-refractivity contribution is 0.726. The average molecular weight is 218 g/mol. The van der Waals surface area contributed by atoms with E-state index >= 15 is 0 Å². The third-order valence-electron chi connectivity index (χ3n) is 2.99. The minimum atomic E-state index is 0.0386. The standard InChI is InChI=1S/C12H18N4/c13-12(14)11-9-10(5-6-15-11)16-7-3-1-2-4-8-16/h5-6,9H,1-4,7-8H2,(H3,13,14). The molecule has 0 amide bonds. The van der Waals surface area contributed by atoms with Crippen LogP contribution >= 0.6 is 0 Å². The molecular formula is C12H18N4. The van der Waals surface area contributed by atoms with Crippen molar-refractivity contribution < 1.29 is 0 Å². The molecule has 0 saturated carbocycles. The highest BCUT2D eigenvalue weighted by Crippen LogP contribution is 2.19. The Morgan fingerprint density at radius 3 is 2.56 bits per heavy atom. The monoisotopic (exact) mass is 218 g/mol. The van der Waals surface area contributed by atoms with E-state index < -0.39 is 0 Å². The number of hydrogen-bond acceptors (Lipinski definition) is 3. The predicted molar refractivity (Wildman–Crippen MR) is 65.9 cm³/mol. The summed E-state index contributed by atoms with van der Waals surface area (Å²) in [5.74, 6) is 0.0386. The number of amidine groups is 1. The summed E-state index contributed by atoms with van der Waals surface area (Å²) >= 11 is 0. The van der Waals surface area contributed by atoms with Crippen molar-refractivity contribution in [3.05, 3.63) is 24.0 Å². The molecule has 86 valence electrons. The molecule has 1 fully saturated rings. The number of pyridine rings is 1. The van der Waals surface area contributed by atoms with Crippen LogP contribution in [-0.4, -0.2) is 23.9 Å². The van der Waals surface area contributed by atoms with E-state index in [9.17, 15) is 0 Å². The van der Waals surface area contributed by atoms with E-state index in [0.29, 0.717) is 5.69 Å². The molecule has 0 bridgehead atoms. The molecule has 3 N–H and O–H groups in total. The molecule has 0 unspecified atom stereocenters. The number of rotatable bonds is 2. The third-order valence-corrected chi connectivity index (χ3v) is 2.99. The number of anilines is 1. The zero-order valence-corrected chi connectivity index (χ0v) is 9.45. The van der Waals surface area contributed by atoms with Gasteiger partial charge in [-0.05, 0) is 25.0 Å². The Morgan fingerprint density at radius 2 is 1.94 bits per heavy atom. The zero-order valence-electron chi connectivity index (χ0n) is 9.45. The highest BCUT2D eigenvalue weighted by molar-refractivity contribution is 5.93. The first-order valence-corrected chi connectivity index (χ1v) is 5.83. The van der Waals surface area contributed by atoms with Crippen molar-refractivity contribution in [2.24, 2.45) is 5.73 Å². The smallest absolute Gasteiger partial charge is 0.141 e. The molecule has 4 nitrogen and oxygen atoms in total. The van der Waals surface area contributed by atoms with Crippen molar-refractivity contribution in [3.63, 3.8) is 0 Å². The van der Waals surface area contributed by atoms with Gasteiger partial charge in [-0.2, -0.15) is 0 Å². The molecule has 1 aliphatic heterocycles. The molecule has 4 heteroatoms. The van der Waals surface area contributed by atoms with Gasteiger partial charge in [0.15, 0.2) is 0 Å². The summed E-state index contributed by atoms with van der Waals surface area (Å²) in [7, 11) is 0. The summed E-state index contributed by atoms with van der Waals surface area (Å²) in [6.45, 7) is 2.20. The zero-order chi connectivity index (χ0) is 11.4. The molecule has 2 rings (SSSR count). The maximum atomic E-state index is 7.39. The second kappa shape index (κ2) is 4.96. The van der Waals surface area contributed by atoms with Gasteiger partial charge in [0.2, 0.25) is 0 Å². The highest BCUT2D eigenvalue weighted by atomic mass is 15.1. The third kappa shape index (κ3) is 2.51. The van der Waals surface area contributed by atoms with E-state index in [2.05, 4.69) is 9.88 Å². The van der Waals surface area contributed by atoms with E-state index in [1.54, 1.807) is 6.20 Å². The summed E-state index contributed by atoms with van der Waals surface area (Å²) in [6.07, 6.45) is 6.87. The number of hydrogen-bond donors (Lipinski definition) is 2. The second-order valence-electron chi connectivity index (χ2n) is 4.21. The first-order chi connectivity index (χ1) is 7.77. The molecular weight excluding hydrogens is 200 g/mol. The Bertz CT molecular complexity index is 367. The van der Waals surface area contributed by atoms with E-state index in [4.69, 9.17) is 11.1 Å². The Hall–Kier alpha value is -1.58. The summed E-state index contributed by atoms with van der Waals surface area (Å²) < 4.78 is 0. The minimum Gasteiger partial charge on any atom is -0.382 e. The summed E-state index contributed by atoms with van der Waals surface area (Å²) in [5, 5.41) is 7.39. The normalized spacial score (nSPS) is 16.9. The van der Waals surface area contributed by atoms with Gasteiger partial charge < -0.3 is 10.6 Å². The van der Waals surface area contributed by atoms with Crippen LogP contribution in [0.25, 0.3) is 0 Å². The molecule has 0 spiro atoms. The maximum absolute atomic E-state index is 7.39. The van der Waals surface area contributed by atoms with Crippen molar-refractivity contribution in [1.82, 2.24) is 4.98 Å². The fourth-order valence-corrected chi connectivity index (χ4v) is 2.09. The number of nitrogens with two attached hydrogens (primary N) is 1. The average Bonchev–Trinajstić information content (AvgIpc) is 2.57. The van der Waals surface area contributed by atoms with Crippen LogP contribution in [0.4, 0.5) is 5.69 Å². The van der Waals surface area contributed by atoms with Crippen LogP contribution in [0.2, 0.25) is 0 Å². The van der Waals surface area contributed by atoms with Crippen LogP contribution in [0.15, 0.2) is 18.3 Å². The van der Waals surface area contributed by atoms with Gasteiger partial charge in [0.25, 0.3) is 0 Å². The summed E-state index contributed by atoms with van der Waals surface area (Å²) in [6, 6.07) is 3.91. The molecule has 0 radical (unpaired) electrons. The van der Waals surface area contributed by atoms with Crippen LogP contribution in [-0.2, 0) is 0 Å². The van der Waals surface area contributed by atoms with E-state index in [1.807, 2.05) is 12.1 Å². The quantitative estimate of drug-likeness (QED) is 0.587. The molecule has 1 saturated heterocycles. The van der Waals surface area contributed by atoms with Crippen LogP contribution in [0, 0.1) is 5.41 Å². The van der Waals surface area contributed by atoms with E-state index in [1.165, 1.54) is 25.7 Å². The first-order valence-electron chi connectivity index (χ1n) is 5.83. The highest BCUT2D eigenvalue weighted by Gasteiger charge is 2.10. The van der Waals surface area contributed by atoms with Gasteiger partial charge >= 0.3 is 0 Å². The van der Waals surface area contributed by atoms with Gasteiger partial charge in [-0.25, -0.2) is 0 Å². The van der Waals surface area contributed by atoms with Gasteiger partial charge in [-0.15, -0.1) is 0 Å². The first kappa shape index (κ1) is 10.9. The Labute approximate surface area is 96.0 Å². The van der Waals surface area contributed by atoms with Crippen LogP contribution in [0.5, 0.6) is 0 Å². The molecule has 0 atom stereocenters. The molecule has 16 heavy (non-hydrogen) atoms. The molecule has 0 aliphatic carbocycles. The van der Waals surface area contributed by atoms with Gasteiger partial charge in [-0.1, -0.05) is 12.8 Å². The minimum absolute atomic E-state index is 0.0386. The van der Waals surface area contributed by atoms with Crippen molar-refractivity contribution in [1.29, 1.82) is 5.41 Å². The number of nitrogens with zero attached hydrogens (tertiary/aromatic N) is 2. The largest absolute Gasteiger partial charge is 0.382 e. The lowest BCUT2D eigenvalue weighted by Gasteiger charge is -2.22. The van der Waals surface area contributed by atoms with Crippen LogP contribution in [0.3, 0.4) is 0 Å². The summed E-state index contributed by atoms with van der Waals surface area (Å²) in [4.78, 5) is 6.44.